The van der Waals surface area contributed by atoms with Crippen LogP contribution in [0.25, 0.3) is 0 Å². The van der Waals surface area contributed by atoms with Gasteiger partial charge in [-0.2, -0.15) is 0 Å². The fourth-order valence-corrected chi connectivity index (χ4v) is 1.91. The van der Waals surface area contributed by atoms with Gasteiger partial charge in [0.2, 0.25) is 0 Å². The molecule has 0 saturated carbocycles. The molecule has 0 amide bonds. The molecule has 0 radical (unpaired) electrons. The Labute approximate surface area is 120 Å². The van der Waals surface area contributed by atoms with Crippen molar-refractivity contribution in [3.05, 3.63) is 41.7 Å². The lowest BCUT2D eigenvalue weighted by Gasteiger charge is -2.14. The Bertz CT molecular complexity index is 580. The van der Waals surface area contributed by atoms with Crippen molar-refractivity contribution in [2.45, 2.75) is 40.2 Å². The molecule has 0 fully saturated rings. The van der Waals surface area contributed by atoms with E-state index in [0.717, 1.165) is 29.6 Å². The maximum atomic E-state index is 4.44. The summed E-state index contributed by atoms with van der Waals surface area (Å²) in [5.41, 5.74) is 2.26. The van der Waals surface area contributed by atoms with Gasteiger partial charge in [0.05, 0.1) is 0 Å². The Morgan fingerprint density at radius 1 is 1.10 bits per heavy atom. The number of nitrogens with zero attached hydrogens (tertiary/aromatic N) is 2. The Morgan fingerprint density at radius 3 is 2.50 bits per heavy atom. The number of hydrogen-bond donors (Lipinski definition) is 2. The van der Waals surface area contributed by atoms with Crippen LogP contribution in [0.1, 0.15) is 31.7 Å². The summed E-state index contributed by atoms with van der Waals surface area (Å²) in [7, 11) is 0. The predicted octanol–water partition coefficient (Wildman–Crippen LogP) is 4.05. The van der Waals surface area contributed by atoms with Gasteiger partial charge in [-0.3, -0.25) is 0 Å². The van der Waals surface area contributed by atoms with Crippen molar-refractivity contribution in [3.63, 3.8) is 0 Å². The van der Waals surface area contributed by atoms with Gasteiger partial charge in [-0.25, -0.2) is 9.97 Å². The van der Waals surface area contributed by atoms with Gasteiger partial charge in [-0.05, 0) is 38.8 Å². The predicted molar refractivity (Wildman–Crippen MR) is 84.6 cm³/mol. The fourth-order valence-electron chi connectivity index (χ4n) is 1.91. The van der Waals surface area contributed by atoms with Gasteiger partial charge in [0, 0.05) is 17.8 Å². The van der Waals surface area contributed by atoms with Crippen LogP contribution in [0, 0.1) is 13.8 Å². The lowest BCUT2D eigenvalue weighted by molar-refractivity contribution is 0.757. The lowest BCUT2D eigenvalue weighted by atomic mass is 10.2. The number of aromatic nitrogens is 2. The topological polar surface area (TPSA) is 49.8 Å². The third kappa shape index (κ3) is 3.70. The van der Waals surface area contributed by atoms with Crippen LogP contribution in [-0.2, 0) is 0 Å². The van der Waals surface area contributed by atoms with Crippen LogP contribution in [0.4, 0.5) is 17.3 Å². The zero-order valence-electron chi connectivity index (χ0n) is 12.6. The molecule has 0 aliphatic heterocycles. The Kier molecular flexibility index (Phi) is 4.56. The van der Waals surface area contributed by atoms with E-state index in [9.17, 15) is 0 Å². The van der Waals surface area contributed by atoms with E-state index >= 15 is 0 Å². The maximum absolute atomic E-state index is 4.44. The molecule has 0 saturated heterocycles. The zero-order valence-corrected chi connectivity index (χ0v) is 12.6. The molecule has 2 aromatic rings. The third-order valence-electron chi connectivity index (χ3n) is 3.25. The molecule has 1 heterocycles. The highest BCUT2D eigenvalue weighted by Crippen LogP contribution is 2.20. The van der Waals surface area contributed by atoms with E-state index in [4.69, 9.17) is 0 Å². The van der Waals surface area contributed by atoms with E-state index in [2.05, 4.69) is 53.5 Å². The van der Waals surface area contributed by atoms with Crippen molar-refractivity contribution < 1.29 is 0 Å². The van der Waals surface area contributed by atoms with E-state index < -0.39 is 0 Å². The van der Waals surface area contributed by atoms with Crippen LogP contribution in [0.2, 0.25) is 0 Å². The quantitative estimate of drug-likeness (QED) is 0.860. The zero-order chi connectivity index (χ0) is 14.5. The van der Waals surface area contributed by atoms with Crippen molar-refractivity contribution in [1.29, 1.82) is 0 Å². The van der Waals surface area contributed by atoms with E-state index in [0.29, 0.717) is 6.04 Å². The smallest absolute Gasteiger partial charge is 0.136 e. The molecule has 0 bridgehead atoms. The van der Waals surface area contributed by atoms with E-state index in [1.807, 2.05) is 25.1 Å². The number of benzene rings is 1. The molecule has 0 aliphatic rings. The van der Waals surface area contributed by atoms with E-state index in [-0.39, 0.29) is 0 Å². The number of aryl methyl sites for hydroxylation is 2. The average molecular weight is 270 g/mol. The van der Waals surface area contributed by atoms with Gasteiger partial charge >= 0.3 is 0 Å². The molecule has 106 valence electrons. The first-order valence-corrected chi connectivity index (χ1v) is 7.03. The highest BCUT2D eigenvalue weighted by Gasteiger charge is 2.05. The Morgan fingerprint density at radius 2 is 1.80 bits per heavy atom. The molecule has 1 unspecified atom stereocenters. The van der Waals surface area contributed by atoms with Gasteiger partial charge < -0.3 is 10.6 Å². The van der Waals surface area contributed by atoms with Crippen molar-refractivity contribution in [2.75, 3.05) is 10.6 Å². The standard InChI is InChI=1S/C16H22N4/c1-5-12(3)17-15-10-16(19-13(4)18-15)20-14-9-7-6-8-11(14)2/h6-10,12H,5H2,1-4H3,(H2,17,18,19,20). The maximum Gasteiger partial charge on any atom is 0.136 e. The number of anilines is 3. The van der Waals surface area contributed by atoms with Crippen molar-refractivity contribution >= 4 is 17.3 Å². The summed E-state index contributed by atoms with van der Waals surface area (Å²) in [5.74, 6) is 2.44. The number of rotatable bonds is 5. The second-order valence-electron chi connectivity index (χ2n) is 5.08. The van der Waals surface area contributed by atoms with Crippen molar-refractivity contribution in [2.24, 2.45) is 0 Å². The first-order valence-electron chi connectivity index (χ1n) is 7.03. The number of nitrogens with one attached hydrogen (secondary N) is 2. The van der Waals surface area contributed by atoms with Crippen LogP contribution in [0.3, 0.4) is 0 Å². The summed E-state index contributed by atoms with van der Waals surface area (Å²) in [6.45, 7) is 8.28. The van der Waals surface area contributed by atoms with Crippen LogP contribution >= 0.6 is 0 Å². The first-order chi connectivity index (χ1) is 9.58. The van der Waals surface area contributed by atoms with Crippen LogP contribution in [-0.4, -0.2) is 16.0 Å². The molecule has 2 N–H and O–H groups in total. The minimum Gasteiger partial charge on any atom is -0.367 e. The molecule has 0 aliphatic carbocycles. The summed E-state index contributed by atoms with van der Waals surface area (Å²) in [5, 5.41) is 6.74. The minimum absolute atomic E-state index is 0.399. The second kappa shape index (κ2) is 6.37. The van der Waals surface area contributed by atoms with E-state index in [1.165, 1.54) is 5.56 Å². The van der Waals surface area contributed by atoms with Gasteiger partial charge in [0.15, 0.2) is 0 Å². The fraction of sp³-hybridized carbons (Fsp3) is 0.375. The van der Waals surface area contributed by atoms with Crippen molar-refractivity contribution in [3.8, 4) is 0 Å². The molecule has 0 spiro atoms. The second-order valence-corrected chi connectivity index (χ2v) is 5.08. The highest BCUT2D eigenvalue weighted by molar-refractivity contribution is 5.62. The normalized spacial score (nSPS) is 12.0. The Balaban J connectivity index is 2.22. The lowest BCUT2D eigenvalue weighted by Crippen LogP contribution is -2.15. The summed E-state index contributed by atoms with van der Waals surface area (Å²) in [6.07, 6.45) is 1.06. The van der Waals surface area contributed by atoms with Crippen LogP contribution in [0.15, 0.2) is 30.3 Å². The molecular weight excluding hydrogens is 248 g/mol. The molecule has 4 heteroatoms. The SMILES string of the molecule is CCC(C)Nc1cc(Nc2ccccc2C)nc(C)n1. The van der Waals surface area contributed by atoms with Crippen LogP contribution < -0.4 is 10.6 Å². The van der Waals surface area contributed by atoms with Gasteiger partial charge in [0.25, 0.3) is 0 Å². The van der Waals surface area contributed by atoms with Crippen LogP contribution in [0.5, 0.6) is 0 Å². The largest absolute Gasteiger partial charge is 0.367 e. The molecular formula is C16H22N4. The molecule has 2 rings (SSSR count). The summed E-state index contributed by atoms with van der Waals surface area (Å²) < 4.78 is 0. The molecule has 20 heavy (non-hydrogen) atoms. The highest BCUT2D eigenvalue weighted by atomic mass is 15.1. The average Bonchev–Trinajstić information content (AvgIpc) is 2.40. The monoisotopic (exact) mass is 270 g/mol. The Hall–Kier alpha value is -2.10. The van der Waals surface area contributed by atoms with E-state index in [1.54, 1.807) is 0 Å². The third-order valence-corrected chi connectivity index (χ3v) is 3.25. The van der Waals surface area contributed by atoms with Gasteiger partial charge in [-0.1, -0.05) is 25.1 Å². The van der Waals surface area contributed by atoms with Gasteiger partial charge in [0.1, 0.15) is 17.5 Å². The summed E-state index contributed by atoms with van der Waals surface area (Å²) in [6, 6.07) is 10.5. The molecule has 4 nitrogen and oxygen atoms in total. The van der Waals surface area contributed by atoms with Gasteiger partial charge in [-0.15, -0.1) is 0 Å². The number of para-hydroxylation sites is 1. The molecule has 1 atom stereocenters. The number of hydrogen-bond acceptors (Lipinski definition) is 4. The summed E-state index contributed by atoms with van der Waals surface area (Å²) >= 11 is 0. The van der Waals surface area contributed by atoms with Crippen molar-refractivity contribution in [1.82, 2.24) is 9.97 Å². The first kappa shape index (κ1) is 14.3. The summed E-state index contributed by atoms with van der Waals surface area (Å²) in [4.78, 5) is 8.86. The molecule has 1 aromatic carbocycles. The minimum atomic E-state index is 0.399. The molecule has 1 aromatic heterocycles.